The van der Waals surface area contributed by atoms with Crippen molar-refractivity contribution in [2.24, 2.45) is 0 Å². The Bertz CT molecular complexity index is 41.9. The van der Waals surface area contributed by atoms with E-state index in [1.54, 1.807) is 0 Å². The van der Waals surface area contributed by atoms with Crippen molar-refractivity contribution in [3.8, 4) is 0 Å². The van der Waals surface area contributed by atoms with Crippen LogP contribution in [0.3, 0.4) is 0 Å². The minimum Gasteiger partial charge on any atom is -0.259 e. The van der Waals surface area contributed by atoms with Crippen LogP contribution in [0.5, 0.6) is 0 Å². The SMILES string of the molecule is O=[PH](OO)OO. The number of hydrogen-bond acceptors (Lipinski definition) is 5. The second-order valence-electron chi connectivity index (χ2n) is 0.433. The van der Waals surface area contributed by atoms with Gasteiger partial charge >= 0.3 is 8.25 Å². The van der Waals surface area contributed by atoms with E-state index in [0.717, 1.165) is 0 Å². The molecule has 6 heteroatoms. The van der Waals surface area contributed by atoms with E-state index in [4.69, 9.17) is 10.5 Å². The van der Waals surface area contributed by atoms with Crippen LogP contribution >= 0.6 is 8.25 Å². The Morgan fingerprint density at radius 2 is 1.67 bits per heavy atom. The molecule has 6 heavy (non-hydrogen) atoms. The quantitative estimate of drug-likeness (QED) is 0.308. The summed E-state index contributed by atoms with van der Waals surface area (Å²) in [5, 5.41) is 14.6. The lowest BCUT2D eigenvalue weighted by atomic mass is 14.9. The van der Waals surface area contributed by atoms with Gasteiger partial charge in [0.05, 0.1) is 0 Å². The molecule has 0 aromatic heterocycles. The van der Waals surface area contributed by atoms with Crippen molar-refractivity contribution >= 4 is 8.25 Å². The zero-order valence-corrected chi connectivity index (χ0v) is 3.62. The van der Waals surface area contributed by atoms with E-state index >= 15 is 0 Å². The topological polar surface area (TPSA) is 76.0 Å². The summed E-state index contributed by atoms with van der Waals surface area (Å²) in [5.74, 6) is 0. The molecule has 5 nitrogen and oxygen atoms in total. The summed E-state index contributed by atoms with van der Waals surface area (Å²) in [6, 6.07) is 0. The predicted molar refractivity (Wildman–Crippen MR) is 16.4 cm³/mol. The molecule has 0 bridgehead atoms. The second-order valence-corrected chi connectivity index (χ2v) is 1.30. The third kappa shape index (κ3) is 2.32. The Hall–Kier alpha value is 0.0700. The largest absolute Gasteiger partial charge is 0.372 e. The van der Waals surface area contributed by atoms with E-state index in [2.05, 4.69) is 9.35 Å². The summed E-state index contributed by atoms with van der Waals surface area (Å²) >= 11 is 0. The molecular formula is H3O5P. The minimum atomic E-state index is -3.01. The van der Waals surface area contributed by atoms with Gasteiger partial charge in [0.25, 0.3) is 0 Å². The van der Waals surface area contributed by atoms with Crippen molar-refractivity contribution in [1.29, 1.82) is 0 Å². The maximum atomic E-state index is 9.42. The fourth-order valence-electron chi connectivity index (χ4n) is 0.0167. The van der Waals surface area contributed by atoms with Crippen molar-refractivity contribution in [2.45, 2.75) is 0 Å². The fraction of sp³-hybridized carbons (Fsp3) is 0. The lowest BCUT2D eigenvalue weighted by Gasteiger charge is -1.84. The maximum Gasteiger partial charge on any atom is 0.372 e. The maximum absolute atomic E-state index is 9.42. The first-order valence-electron chi connectivity index (χ1n) is 0.978. The molecule has 2 N–H and O–H groups in total. The second kappa shape index (κ2) is 3.27. The van der Waals surface area contributed by atoms with E-state index < -0.39 is 8.25 Å². The molecule has 0 aromatic rings. The molecule has 0 heterocycles. The molecule has 0 saturated heterocycles. The van der Waals surface area contributed by atoms with Crippen LogP contribution in [0.4, 0.5) is 0 Å². The smallest absolute Gasteiger partial charge is 0.259 e. The molecule has 38 valence electrons. The molecule has 0 aliphatic heterocycles. The molecule has 0 aliphatic rings. The Labute approximate surface area is 33.9 Å². The highest BCUT2D eigenvalue weighted by molar-refractivity contribution is 7.32. The van der Waals surface area contributed by atoms with E-state index in [-0.39, 0.29) is 0 Å². The van der Waals surface area contributed by atoms with Gasteiger partial charge in [0.2, 0.25) is 0 Å². The van der Waals surface area contributed by atoms with Crippen LogP contribution in [-0.2, 0) is 13.9 Å². The average molecular weight is 114 g/mol. The van der Waals surface area contributed by atoms with Gasteiger partial charge < -0.3 is 0 Å². The van der Waals surface area contributed by atoms with Crippen LogP contribution in [0.25, 0.3) is 0 Å². The van der Waals surface area contributed by atoms with Gasteiger partial charge in [0, 0.05) is 0 Å². The van der Waals surface area contributed by atoms with Gasteiger partial charge in [-0.05, 0) is 0 Å². The van der Waals surface area contributed by atoms with Gasteiger partial charge in [0.1, 0.15) is 0 Å². The van der Waals surface area contributed by atoms with Crippen molar-refractivity contribution in [3.05, 3.63) is 0 Å². The highest BCUT2D eigenvalue weighted by Crippen LogP contribution is 2.17. The first kappa shape index (κ1) is 6.07. The van der Waals surface area contributed by atoms with Gasteiger partial charge in [0.15, 0.2) is 0 Å². The molecule has 0 aliphatic carbocycles. The normalized spacial score (nSPS) is 9.83. The van der Waals surface area contributed by atoms with E-state index in [0.29, 0.717) is 0 Å². The molecule has 0 amide bonds. The molecule has 0 spiro atoms. The molecular weight excluding hydrogens is 111 g/mol. The number of rotatable bonds is 2. The van der Waals surface area contributed by atoms with Crippen molar-refractivity contribution in [2.75, 3.05) is 0 Å². The van der Waals surface area contributed by atoms with Gasteiger partial charge in [-0.3, -0.25) is 4.57 Å². The first-order valence-corrected chi connectivity index (χ1v) is 2.20. The van der Waals surface area contributed by atoms with Crippen LogP contribution < -0.4 is 0 Å². The Balaban J connectivity index is 2.99. The lowest BCUT2D eigenvalue weighted by Crippen LogP contribution is -1.68. The van der Waals surface area contributed by atoms with Crippen LogP contribution in [-0.4, -0.2) is 10.5 Å². The molecule has 0 aromatic carbocycles. The molecule has 0 saturated carbocycles. The molecule has 0 fully saturated rings. The standard InChI is InChI=1S/H3O5P/c1-4-6(3)5-2/h1-2,6H. The summed E-state index contributed by atoms with van der Waals surface area (Å²) in [4.78, 5) is 0. The van der Waals surface area contributed by atoms with E-state index in [1.165, 1.54) is 0 Å². The van der Waals surface area contributed by atoms with Crippen LogP contribution in [0.2, 0.25) is 0 Å². The Morgan fingerprint density at radius 1 is 1.33 bits per heavy atom. The summed E-state index contributed by atoms with van der Waals surface area (Å²) in [5.41, 5.74) is 0. The molecule has 0 radical (unpaired) electrons. The van der Waals surface area contributed by atoms with Crippen molar-refractivity contribution < 1.29 is 24.4 Å². The fourth-order valence-corrected chi connectivity index (χ4v) is 0.0500. The average Bonchev–Trinajstić information content (AvgIpc) is 1.65. The minimum absolute atomic E-state index is 2.97. The first-order chi connectivity index (χ1) is 2.81. The zero-order valence-electron chi connectivity index (χ0n) is 2.62. The summed E-state index contributed by atoms with van der Waals surface area (Å²) in [6.45, 7) is 0. The molecule has 0 atom stereocenters. The van der Waals surface area contributed by atoms with Gasteiger partial charge in [-0.2, -0.15) is 9.35 Å². The van der Waals surface area contributed by atoms with Crippen molar-refractivity contribution in [3.63, 3.8) is 0 Å². The van der Waals surface area contributed by atoms with Gasteiger partial charge in [-0.25, -0.2) is 10.5 Å². The van der Waals surface area contributed by atoms with E-state index in [9.17, 15) is 4.57 Å². The Kier molecular flexibility index (Phi) is 3.31. The highest BCUT2D eigenvalue weighted by Gasteiger charge is 1.89. The summed E-state index contributed by atoms with van der Waals surface area (Å²) < 4.78 is 15.4. The van der Waals surface area contributed by atoms with Gasteiger partial charge in [-0.1, -0.05) is 0 Å². The van der Waals surface area contributed by atoms with Crippen LogP contribution in [0, 0.1) is 0 Å². The van der Waals surface area contributed by atoms with E-state index in [1.807, 2.05) is 0 Å². The van der Waals surface area contributed by atoms with Crippen LogP contribution in [0.15, 0.2) is 0 Å². The molecule has 0 rings (SSSR count). The monoisotopic (exact) mass is 114 g/mol. The summed E-state index contributed by atoms with van der Waals surface area (Å²) in [7, 11) is -3.01. The summed E-state index contributed by atoms with van der Waals surface area (Å²) in [6.07, 6.45) is 0. The van der Waals surface area contributed by atoms with Crippen LogP contribution in [0.1, 0.15) is 0 Å². The zero-order chi connectivity index (χ0) is 4.99. The predicted octanol–water partition coefficient (Wildman–Crippen LogP) is 0.355. The van der Waals surface area contributed by atoms with Gasteiger partial charge in [-0.15, -0.1) is 0 Å². The third-order valence-electron chi connectivity index (χ3n) is 0.149. The lowest BCUT2D eigenvalue weighted by molar-refractivity contribution is -0.198. The Morgan fingerprint density at radius 3 is 1.67 bits per heavy atom. The third-order valence-corrected chi connectivity index (χ3v) is 0.447. The number of hydrogen-bond donors (Lipinski definition) is 2. The highest BCUT2D eigenvalue weighted by atomic mass is 31.1. The molecule has 0 unspecified atom stereocenters. The van der Waals surface area contributed by atoms with Crippen molar-refractivity contribution in [1.82, 2.24) is 0 Å².